The van der Waals surface area contributed by atoms with E-state index in [2.05, 4.69) is 0 Å². The second kappa shape index (κ2) is 5.40. The fourth-order valence-corrected chi connectivity index (χ4v) is 1.01. The fraction of sp³-hybridized carbons (Fsp3) is 0.100. The third-order valence-electron chi connectivity index (χ3n) is 1.54. The third kappa shape index (κ3) is 2.57. The van der Waals surface area contributed by atoms with E-state index < -0.39 is 5.82 Å². The maximum Gasteiger partial charge on any atom is 0.165 e. The Labute approximate surface area is 85.9 Å². The van der Waals surface area contributed by atoms with Crippen LogP contribution in [0, 0.1) is 5.82 Å². The second-order valence-electron chi connectivity index (χ2n) is 2.45. The summed E-state index contributed by atoms with van der Waals surface area (Å²) in [5.41, 5.74) is 1.45. The van der Waals surface area contributed by atoms with Crippen molar-refractivity contribution in [2.45, 2.75) is 0 Å². The summed E-state index contributed by atoms with van der Waals surface area (Å²) < 4.78 is 18.1. The Morgan fingerprint density at radius 1 is 1.50 bits per heavy atom. The van der Waals surface area contributed by atoms with Crippen LogP contribution >= 0.6 is 11.6 Å². The normalized spacial score (nSPS) is 10.4. The zero-order chi connectivity index (χ0) is 10.4. The van der Waals surface area contributed by atoms with Gasteiger partial charge in [0, 0.05) is 5.54 Å². The van der Waals surface area contributed by atoms with Gasteiger partial charge in [0.15, 0.2) is 17.9 Å². The van der Waals surface area contributed by atoms with E-state index in [1.54, 1.807) is 0 Å². The van der Waals surface area contributed by atoms with Crippen LogP contribution < -0.4 is 4.74 Å². The second-order valence-corrected chi connectivity index (χ2v) is 2.70. The number of hydrogen-bond acceptors (Lipinski definition) is 2. The minimum absolute atomic E-state index is 0.0442. The van der Waals surface area contributed by atoms with Gasteiger partial charge in [-0.15, -0.1) is 0 Å². The van der Waals surface area contributed by atoms with Crippen molar-refractivity contribution >= 4 is 17.9 Å². The highest BCUT2D eigenvalue weighted by molar-refractivity contribution is 6.25. The molecule has 0 aliphatic heterocycles. The van der Waals surface area contributed by atoms with Crippen LogP contribution in [0.15, 0.2) is 29.8 Å². The number of carbonyl (C=O) groups excluding carboxylic acids is 1. The van der Waals surface area contributed by atoms with Gasteiger partial charge in [-0.05, 0) is 18.2 Å². The standard InChI is InChI=1S/C10H8ClFO2/c11-5-2-6-14-10-8(7-13)3-1-4-9(10)12/h1-5,7H,6H2/b5-2+. The Bertz CT molecular complexity index is 350. The first-order valence-electron chi connectivity index (χ1n) is 3.91. The largest absolute Gasteiger partial charge is 0.486 e. The van der Waals surface area contributed by atoms with Crippen molar-refractivity contribution in [3.05, 3.63) is 41.2 Å². The first-order chi connectivity index (χ1) is 6.79. The van der Waals surface area contributed by atoms with Crippen molar-refractivity contribution in [1.82, 2.24) is 0 Å². The zero-order valence-corrected chi connectivity index (χ0v) is 8.00. The van der Waals surface area contributed by atoms with Gasteiger partial charge >= 0.3 is 0 Å². The Hall–Kier alpha value is -1.35. The van der Waals surface area contributed by atoms with E-state index in [0.717, 1.165) is 0 Å². The molecule has 1 rings (SSSR count). The van der Waals surface area contributed by atoms with Crippen molar-refractivity contribution in [2.75, 3.05) is 6.61 Å². The Morgan fingerprint density at radius 2 is 2.29 bits per heavy atom. The van der Waals surface area contributed by atoms with Gasteiger partial charge in [0.05, 0.1) is 5.56 Å². The van der Waals surface area contributed by atoms with Gasteiger partial charge in [-0.1, -0.05) is 17.7 Å². The van der Waals surface area contributed by atoms with Crippen LogP contribution in [0.4, 0.5) is 4.39 Å². The highest BCUT2D eigenvalue weighted by Gasteiger charge is 2.07. The first kappa shape index (κ1) is 10.7. The molecule has 0 aliphatic rings. The highest BCUT2D eigenvalue weighted by atomic mass is 35.5. The summed E-state index contributed by atoms with van der Waals surface area (Å²) >= 11 is 5.26. The molecule has 0 unspecified atom stereocenters. The molecule has 0 aromatic heterocycles. The molecule has 0 fully saturated rings. The number of rotatable bonds is 4. The number of ether oxygens (including phenoxy) is 1. The molecule has 0 amide bonds. The molecule has 0 heterocycles. The number of aldehydes is 1. The predicted molar refractivity (Wildman–Crippen MR) is 52.3 cm³/mol. The van der Waals surface area contributed by atoms with Crippen molar-refractivity contribution in [3.63, 3.8) is 0 Å². The summed E-state index contributed by atoms with van der Waals surface area (Å²) in [5, 5.41) is 0. The molecule has 74 valence electrons. The van der Waals surface area contributed by atoms with Crippen LogP contribution in [0.2, 0.25) is 0 Å². The monoisotopic (exact) mass is 214 g/mol. The molecular weight excluding hydrogens is 207 g/mol. The number of benzene rings is 1. The summed E-state index contributed by atoms with van der Waals surface area (Å²) in [6, 6.07) is 4.16. The molecule has 0 atom stereocenters. The van der Waals surface area contributed by atoms with Gasteiger partial charge < -0.3 is 4.74 Å². The lowest BCUT2D eigenvalue weighted by atomic mass is 10.2. The van der Waals surface area contributed by atoms with Gasteiger partial charge in [0.1, 0.15) is 6.61 Å². The molecule has 1 aromatic carbocycles. The Kier molecular flexibility index (Phi) is 4.13. The van der Waals surface area contributed by atoms with E-state index >= 15 is 0 Å². The average Bonchev–Trinajstić information content (AvgIpc) is 2.20. The SMILES string of the molecule is O=Cc1cccc(F)c1OC/C=C/Cl. The van der Waals surface area contributed by atoms with Crippen molar-refractivity contribution in [1.29, 1.82) is 0 Å². The van der Waals surface area contributed by atoms with Crippen LogP contribution in [0.25, 0.3) is 0 Å². The quantitative estimate of drug-likeness (QED) is 0.721. The van der Waals surface area contributed by atoms with Crippen molar-refractivity contribution in [3.8, 4) is 5.75 Å². The molecular formula is C10H8ClFO2. The predicted octanol–water partition coefficient (Wildman–Crippen LogP) is 2.77. The maximum absolute atomic E-state index is 13.1. The molecule has 0 aliphatic carbocycles. The van der Waals surface area contributed by atoms with Gasteiger partial charge in [-0.3, -0.25) is 4.79 Å². The molecule has 0 radical (unpaired) electrons. The van der Waals surface area contributed by atoms with Gasteiger partial charge in [-0.2, -0.15) is 0 Å². The van der Waals surface area contributed by atoms with Crippen LogP contribution in [0.5, 0.6) is 5.75 Å². The third-order valence-corrected chi connectivity index (χ3v) is 1.72. The highest BCUT2D eigenvalue weighted by Crippen LogP contribution is 2.20. The van der Waals surface area contributed by atoms with Gasteiger partial charge in [0.2, 0.25) is 0 Å². The fourth-order valence-electron chi connectivity index (χ4n) is 0.938. The number of para-hydroxylation sites is 1. The van der Waals surface area contributed by atoms with E-state index in [1.165, 1.54) is 29.8 Å². The molecule has 2 nitrogen and oxygen atoms in total. The minimum atomic E-state index is -0.558. The van der Waals surface area contributed by atoms with Crippen LogP contribution in [0.1, 0.15) is 10.4 Å². The summed E-state index contributed by atoms with van der Waals surface area (Å²) in [7, 11) is 0. The van der Waals surface area contributed by atoms with Crippen LogP contribution in [-0.2, 0) is 0 Å². The number of carbonyl (C=O) groups is 1. The molecule has 0 bridgehead atoms. The van der Waals surface area contributed by atoms with Gasteiger partial charge in [0.25, 0.3) is 0 Å². The lowest BCUT2D eigenvalue weighted by Crippen LogP contribution is -1.99. The van der Waals surface area contributed by atoms with Crippen LogP contribution in [-0.4, -0.2) is 12.9 Å². The van der Waals surface area contributed by atoms with Crippen molar-refractivity contribution < 1.29 is 13.9 Å². The summed E-state index contributed by atoms with van der Waals surface area (Å²) in [6.07, 6.45) is 2.05. The minimum Gasteiger partial charge on any atom is -0.486 e. The smallest absolute Gasteiger partial charge is 0.165 e. The first-order valence-corrected chi connectivity index (χ1v) is 4.35. The van der Waals surface area contributed by atoms with E-state index in [-0.39, 0.29) is 17.9 Å². The molecule has 0 N–H and O–H groups in total. The lowest BCUT2D eigenvalue weighted by Gasteiger charge is -2.06. The summed E-state index contributed by atoms with van der Waals surface area (Å²) in [4.78, 5) is 10.5. The Morgan fingerprint density at radius 3 is 2.93 bits per heavy atom. The zero-order valence-electron chi connectivity index (χ0n) is 7.24. The van der Waals surface area contributed by atoms with E-state index in [4.69, 9.17) is 16.3 Å². The van der Waals surface area contributed by atoms with Crippen LogP contribution in [0.3, 0.4) is 0 Å². The molecule has 0 saturated carbocycles. The number of hydrogen-bond donors (Lipinski definition) is 0. The molecule has 0 spiro atoms. The molecule has 14 heavy (non-hydrogen) atoms. The van der Waals surface area contributed by atoms with Crippen molar-refractivity contribution in [2.24, 2.45) is 0 Å². The van der Waals surface area contributed by atoms with E-state index in [0.29, 0.717) is 6.29 Å². The summed E-state index contributed by atoms with van der Waals surface area (Å²) in [6.45, 7) is 0.130. The lowest BCUT2D eigenvalue weighted by molar-refractivity contribution is 0.111. The topological polar surface area (TPSA) is 26.3 Å². The maximum atomic E-state index is 13.1. The van der Waals surface area contributed by atoms with Gasteiger partial charge in [-0.25, -0.2) is 4.39 Å². The summed E-state index contributed by atoms with van der Waals surface area (Å²) in [5.74, 6) is -0.602. The van der Waals surface area contributed by atoms with E-state index in [1.807, 2.05) is 0 Å². The Balaban J connectivity index is 2.87. The molecule has 0 saturated heterocycles. The average molecular weight is 215 g/mol. The van der Waals surface area contributed by atoms with E-state index in [9.17, 15) is 9.18 Å². The number of halogens is 2. The molecule has 4 heteroatoms. The molecule has 1 aromatic rings.